The van der Waals surface area contributed by atoms with Gasteiger partial charge in [0, 0.05) is 13.1 Å². The van der Waals surface area contributed by atoms with Crippen LogP contribution in [0, 0.1) is 11.8 Å². The number of hydrogen-bond donors (Lipinski definition) is 0. The van der Waals surface area contributed by atoms with E-state index >= 15 is 0 Å². The Labute approximate surface area is 96.8 Å². The first-order valence-corrected chi connectivity index (χ1v) is 6.03. The number of nitrogens with zero attached hydrogens (tertiary/aromatic N) is 1. The van der Waals surface area contributed by atoms with Crippen LogP contribution in [0.4, 0.5) is 4.39 Å². The topological polar surface area (TPSA) is 20.3 Å². The summed E-state index contributed by atoms with van der Waals surface area (Å²) in [5.74, 6) is 0.468. The van der Waals surface area contributed by atoms with Gasteiger partial charge in [0.1, 0.15) is 0 Å². The number of halogens is 2. The van der Waals surface area contributed by atoms with E-state index in [1.165, 1.54) is 4.90 Å². The van der Waals surface area contributed by atoms with Gasteiger partial charge >= 0.3 is 0 Å². The second-order valence-electron chi connectivity index (χ2n) is 3.88. The van der Waals surface area contributed by atoms with Crippen LogP contribution < -0.4 is 0 Å². The van der Waals surface area contributed by atoms with Gasteiger partial charge in [-0.3, -0.25) is 4.79 Å². The molecule has 0 N–H and O–H groups in total. The van der Waals surface area contributed by atoms with E-state index in [2.05, 4.69) is 13.8 Å². The SMILES string of the molecule is CC.CC(C)C1CCN(C(=O)C(F)Cl)C1. The van der Waals surface area contributed by atoms with Gasteiger partial charge in [0.05, 0.1) is 0 Å². The Hall–Kier alpha value is -0.310. The summed E-state index contributed by atoms with van der Waals surface area (Å²) >= 11 is 5.08. The molecule has 15 heavy (non-hydrogen) atoms. The first-order valence-electron chi connectivity index (χ1n) is 5.59. The van der Waals surface area contributed by atoms with Gasteiger partial charge in [-0.15, -0.1) is 0 Å². The maximum absolute atomic E-state index is 12.4. The fourth-order valence-electron chi connectivity index (χ4n) is 1.67. The van der Waals surface area contributed by atoms with Crippen LogP contribution in [-0.4, -0.2) is 29.5 Å². The number of carbonyl (C=O) groups excluding carboxylic acids is 1. The Balaban J connectivity index is 0.000000921. The second-order valence-corrected chi connectivity index (χ2v) is 4.26. The highest BCUT2D eigenvalue weighted by Gasteiger charge is 2.30. The minimum atomic E-state index is -1.87. The zero-order valence-corrected chi connectivity index (χ0v) is 10.7. The molecule has 1 amide bonds. The molecule has 1 fully saturated rings. The lowest BCUT2D eigenvalue weighted by Gasteiger charge is -2.17. The van der Waals surface area contributed by atoms with Gasteiger partial charge in [-0.1, -0.05) is 39.3 Å². The van der Waals surface area contributed by atoms with Crippen molar-refractivity contribution in [3.8, 4) is 0 Å². The molecule has 1 rings (SSSR count). The fraction of sp³-hybridized carbons (Fsp3) is 0.909. The lowest BCUT2D eigenvalue weighted by molar-refractivity contribution is -0.132. The van der Waals surface area contributed by atoms with Gasteiger partial charge in [0.2, 0.25) is 0 Å². The molecule has 0 saturated carbocycles. The van der Waals surface area contributed by atoms with Gasteiger partial charge in [-0.25, -0.2) is 4.39 Å². The standard InChI is InChI=1S/C9H15ClFNO.C2H6/c1-6(2)7-3-4-12(5-7)9(13)8(10)11;1-2/h6-8H,3-5H2,1-2H3;1-2H3. The lowest BCUT2D eigenvalue weighted by Crippen LogP contribution is -2.33. The summed E-state index contributed by atoms with van der Waals surface area (Å²) in [5, 5.41) is 0. The third-order valence-corrected chi connectivity index (χ3v) is 2.85. The number of amides is 1. The van der Waals surface area contributed by atoms with E-state index in [1.807, 2.05) is 13.8 Å². The normalized spacial score (nSPS) is 22.3. The van der Waals surface area contributed by atoms with Crippen LogP contribution in [0.3, 0.4) is 0 Å². The number of alkyl halides is 2. The van der Waals surface area contributed by atoms with Crippen LogP contribution in [0.15, 0.2) is 0 Å². The van der Waals surface area contributed by atoms with Gasteiger partial charge in [-0.2, -0.15) is 0 Å². The average Bonchev–Trinajstić information content (AvgIpc) is 2.68. The van der Waals surface area contributed by atoms with E-state index < -0.39 is 11.5 Å². The molecule has 1 aliphatic heterocycles. The molecule has 0 aliphatic carbocycles. The average molecular weight is 238 g/mol. The van der Waals surface area contributed by atoms with E-state index in [0.29, 0.717) is 24.9 Å². The summed E-state index contributed by atoms with van der Waals surface area (Å²) in [6, 6.07) is 0. The van der Waals surface area contributed by atoms with Gasteiger partial charge in [0.15, 0.2) is 0 Å². The van der Waals surface area contributed by atoms with E-state index in [-0.39, 0.29) is 0 Å². The monoisotopic (exact) mass is 237 g/mol. The molecule has 0 aromatic carbocycles. The predicted molar refractivity (Wildman–Crippen MR) is 61.6 cm³/mol. The van der Waals surface area contributed by atoms with Crippen molar-refractivity contribution in [3.63, 3.8) is 0 Å². The molecule has 2 nitrogen and oxygen atoms in total. The van der Waals surface area contributed by atoms with Crippen molar-refractivity contribution in [1.82, 2.24) is 4.90 Å². The van der Waals surface area contributed by atoms with Crippen LogP contribution in [0.5, 0.6) is 0 Å². The van der Waals surface area contributed by atoms with Gasteiger partial charge in [-0.05, 0) is 18.3 Å². The van der Waals surface area contributed by atoms with Crippen LogP contribution in [-0.2, 0) is 4.79 Å². The van der Waals surface area contributed by atoms with Crippen LogP contribution >= 0.6 is 11.6 Å². The van der Waals surface area contributed by atoms with E-state index in [9.17, 15) is 9.18 Å². The number of carbonyl (C=O) groups is 1. The Morgan fingerprint density at radius 3 is 2.33 bits per heavy atom. The van der Waals surface area contributed by atoms with Crippen molar-refractivity contribution in [2.24, 2.45) is 11.8 Å². The highest BCUT2D eigenvalue weighted by Crippen LogP contribution is 2.24. The van der Waals surface area contributed by atoms with Crippen LogP contribution in [0.25, 0.3) is 0 Å². The minimum absolute atomic E-state index is 0.499. The quantitative estimate of drug-likeness (QED) is 0.676. The molecule has 0 bridgehead atoms. The van der Waals surface area contributed by atoms with Gasteiger partial charge < -0.3 is 4.90 Å². The molecule has 0 radical (unpaired) electrons. The third kappa shape index (κ3) is 4.37. The Morgan fingerprint density at radius 1 is 1.47 bits per heavy atom. The Morgan fingerprint density at radius 2 is 2.00 bits per heavy atom. The van der Waals surface area contributed by atoms with E-state index in [0.717, 1.165) is 6.42 Å². The Kier molecular flexibility index (Phi) is 6.90. The molecule has 4 heteroatoms. The zero-order chi connectivity index (χ0) is 12.0. The summed E-state index contributed by atoms with van der Waals surface area (Å²) < 4.78 is 12.4. The summed E-state index contributed by atoms with van der Waals surface area (Å²) in [6.07, 6.45) is 0.965. The summed E-state index contributed by atoms with van der Waals surface area (Å²) in [5.41, 5.74) is -1.87. The summed E-state index contributed by atoms with van der Waals surface area (Å²) in [4.78, 5) is 12.6. The maximum Gasteiger partial charge on any atom is 0.272 e. The summed E-state index contributed by atoms with van der Waals surface area (Å²) in [7, 11) is 0. The fourth-order valence-corrected chi connectivity index (χ4v) is 1.81. The number of likely N-dealkylation sites (tertiary alicyclic amines) is 1. The lowest BCUT2D eigenvalue weighted by atomic mass is 9.95. The maximum atomic E-state index is 12.4. The molecule has 90 valence electrons. The van der Waals surface area contributed by atoms with Crippen LogP contribution in [0.1, 0.15) is 34.1 Å². The second kappa shape index (κ2) is 7.04. The molecular formula is C11H21ClFNO. The molecule has 2 unspecified atom stereocenters. The van der Waals surface area contributed by atoms with Crippen molar-refractivity contribution in [2.45, 2.75) is 39.7 Å². The highest BCUT2D eigenvalue weighted by molar-refractivity contribution is 6.29. The molecule has 2 atom stereocenters. The van der Waals surface area contributed by atoms with E-state index in [4.69, 9.17) is 11.6 Å². The molecule has 0 spiro atoms. The van der Waals surface area contributed by atoms with Crippen molar-refractivity contribution < 1.29 is 9.18 Å². The number of rotatable bonds is 2. The number of hydrogen-bond acceptors (Lipinski definition) is 1. The molecule has 0 aromatic heterocycles. The zero-order valence-electron chi connectivity index (χ0n) is 9.96. The van der Waals surface area contributed by atoms with E-state index in [1.54, 1.807) is 0 Å². The highest BCUT2D eigenvalue weighted by atomic mass is 35.5. The largest absolute Gasteiger partial charge is 0.339 e. The van der Waals surface area contributed by atoms with Crippen molar-refractivity contribution >= 4 is 17.5 Å². The van der Waals surface area contributed by atoms with Crippen molar-refractivity contribution in [2.75, 3.05) is 13.1 Å². The molecular weight excluding hydrogens is 217 g/mol. The first-order chi connectivity index (χ1) is 7.02. The molecule has 1 aliphatic rings. The Bertz CT molecular complexity index is 197. The molecule has 1 saturated heterocycles. The minimum Gasteiger partial charge on any atom is -0.339 e. The molecule has 0 aromatic rings. The van der Waals surface area contributed by atoms with Gasteiger partial charge in [0.25, 0.3) is 11.5 Å². The third-order valence-electron chi connectivity index (χ3n) is 2.67. The van der Waals surface area contributed by atoms with Crippen molar-refractivity contribution in [1.29, 1.82) is 0 Å². The molecule has 1 heterocycles. The van der Waals surface area contributed by atoms with Crippen molar-refractivity contribution in [3.05, 3.63) is 0 Å². The van der Waals surface area contributed by atoms with Crippen LogP contribution in [0.2, 0.25) is 0 Å². The smallest absolute Gasteiger partial charge is 0.272 e. The predicted octanol–water partition coefficient (Wildman–Crippen LogP) is 3.05. The summed E-state index contributed by atoms with van der Waals surface area (Å²) in [6.45, 7) is 9.54. The first kappa shape index (κ1) is 14.7.